The fraction of sp³-hybridized carbons (Fsp3) is 0.333. The maximum Gasteiger partial charge on any atom is 0.327 e. The van der Waals surface area contributed by atoms with Crippen LogP contribution in [-0.4, -0.2) is 60.4 Å². The molecular weight excluding hydrogens is 302 g/mol. The monoisotopic (exact) mass is 319 g/mol. The number of amides is 4. The van der Waals surface area contributed by atoms with Crippen LogP contribution in [0.5, 0.6) is 0 Å². The first kappa shape index (κ1) is 16.5. The summed E-state index contributed by atoms with van der Waals surface area (Å²) in [5.41, 5.74) is 0.920. The Hall–Kier alpha value is -2.90. The fourth-order valence-corrected chi connectivity index (χ4v) is 1.99. The number of urea groups is 1. The maximum atomic E-state index is 11.6. The number of carbonyl (C=O) groups is 4. The number of hydrogen-bond donors (Lipinski definition) is 1. The molecule has 1 aromatic rings. The average molecular weight is 319 g/mol. The lowest BCUT2D eigenvalue weighted by Crippen LogP contribution is -2.38. The molecule has 1 aromatic carbocycles. The first-order chi connectivity index (χ1) is 11.0. The molecule has 0 unspecified atom stereocenters. The van der Waals surface area contributed by atoms with Gasteiger partial charge in [0.1, 0.15) is 13.1 Å². The van der Waals surface area contributed by atoms with Crippen molar-refractivity contribution in [1.82, 2.24) is 15.1 Å². The number of nitrogens with one attached hydrogen (secondary N) is 1. The van der Waals surface area contributed by atoms with E-state index >= 15 is 0 Å². The third kappa shape index (κ3) is 4.53. The average Bonchev–Trinajstić information content (AvgIpc) is 2.78. The first-order valence-corrected chi connectivity index (χ1v) is 6.99. The molecule has 4 amide bonds. The standard InChI is InChI=1S/C15H17N3O5/c1-17-8-13(20)18(15(17)22)9-14(21)23-10-12(19)16-7-11-5-3-2-4-6-11/h2-6H,7-10H2,1H3,(H,16,19). The molecule has 122 valence electrons. The van der Waals surface area contributed by atoms with Crippen LogP contribution in [0.4, 0.5) is 4.79 Å². The SMILES string of the molecule is CN1CC(=O)N(CC(=O)OCC(=O)NCc2ccccc2)C1=O. The van der Waals surface area contributed by atoms with E-state index in [4.69, 9.17) is 4.74 Å². The Morgan fingerprint density at radius 1 is 1.22 bits per heavy atom. The van der Waals surface area contributed by atoms with Gasteiger partial charge in [0.05, 0.1) is 0 Å². The molecule has 0 atom stereocenters. The molecule has 2 rings (SSSR count). The van der Waals surface area contributed by atoms with E-state index in [0.717, 1.165) is 10.5 Å². The smallest absolute Gasteiger partial charge is 0.327 e. The lowest BCUT2D eigenvalue weighted by Gasteiger charge is -2.13. The summed E-state index contributed by atoms with van der Waals surface area (Å²) in [6, 6.07) is 8.72. The summed E-state index contributed by atoms with van der Waals surface area (Å²) in [7, 11) is 1.46. The number of hydrogen-bond acceptors (Lipinski definition) is 5. The minimum absolute atomic E-state index is 0.0658. The van der Waals surface area contributed by atoms with Gasteiger partial charge in [0.2, 0.25) is 0 Å². The minimum atomic E-state index is -0.808. The topological polar surface area (TPSA) is 96.0 Å². The number of benzene rings is 1. The second-order valence-electron chi connectivity index (χ2n) is 5.04. The quantitative estimate of drug-likeness (QED) is 0.576. The van der Waals surface area contributed by atoms with Crippen molar-refractivity contribution in [3.05, 3.63) is 35.9 Å². The first-order valence-electron chi connectivity index (χ1n) is 6.99. The molecule has 0 aromatic heterocycles. The van der Waals surface area contributed by atoms with Gasteiger partial charge in [-0.1, -0.05) is 30.3 Å². The van der Waals surface area contributed by atoms with E-state index in [1.807, 2.05) is 30.3 Å². The summed E-state index contributed by atoms with van der Waals surface area (Å²) >= 11 is 0. The molecule has 1 aliphatic rings. The Morgan fingerprint density at radius 2 is 1.91 bits per heavy atom. The Morgan fingerprint density at radius 3 is 2.52 bits per heavy atom. The summed E-state index contributed by atoms with van der Waals surface area (Å²) in [6.45, 7) is -0.694. The molecule has 0 bridgehead atoms. The van der Waals surface area contributed by atoms with Gasteiger partial charge >= 0.3 is 12.0 Å². The zero-order valence-electron chi connectivity index (χ0n) is 12.7. The van der Waals surface area contributed by atoms with Gasteiger partial charge in [-0.25, -0.2) is 4.79 Å². The van der Waals surface area contributed by atoms with Crippen LogP contribution in [0.3, 0.4) is 0 Å². The van der Waals surface area contributed by atoms with E-state index in [9.17, 15) is 19.2 Å². The van der Waals surface area contributed by atoms with E-state index in [1.165, 1.54) is 11.9 Å². The van der Waals surface area contributed by atoms with Crippen LogP contribution in [0.15, 0.2) is 30.3 Å². The Labute approximate surface area is 133 Å². The molecule has 0 aliphatic carbocycles. The van der Waals surface area contributed by atoms with Gasteiger partial charge in [-0.05, 0) is 5.56 Å². The van der Waals surface area contributed by atoms with E-state index in [1.54, 1.807) is 0 Å². The van der Waals surface area contributed by atoms with Crippen molar-refractivity contribution in [3.8, 4) is 0 Å². The van der Waals surface area contributed by atoms with Crippen molar-refractivity contribution >= 4 is 23.8 Å². The van der Waals surface area contributed by atoms with Crippen molar-refractivity contribution in [1.29, 1.82) is 0 Å². The van der Waals surface area contributed by atoms with Gasteiger partial charge in [-0.2, -0.15) is 0 Å². The van der Waals surface area contributed by atoms with Crippen molar-refractivity contribution < 1.29 is 23.9 Å². The van der Waals surface area contributed by atoms with Crippen molar-refractivity contribution in [3.63, 3.8) is 0 Å². The number of ether oxygens (including phenoxy) is 1. The summed E-state index contributed by atoms with van der Waals surface area (Å²) in [5.74, 6) is -1.74. The molecule has 0 saturated carbocycles. The summed E-state index contributed by atoms with van der Waals surface area (Å²) in [4.78, 5) is 48.3. The van der Waals surface area contributed by atoms with Crippen LogP contribution < -0.4 is 5.32 Å². The second kappa shape index (κ2) is 7.39. The van der Waals surface area contributed by atoms with Gasteiger partial charge < -0.3 is 15.0 Å². The van der Waals surface area contributed by atoms with Crippen LogP contribution in [-0.2, 0) is 25.7 Å². The molecule has 1 fully saturated rings. The van der Waals surface area contributed by atoms with E-state index < -0.39 is 37.0 Å². The summed E-state index contributed by atoms with van der Waals surface area (Å²) in [5, 5.41) is 2.60. The lowest BCUT2D eigenvalue weighted by atomic mass is 10.2. The molecule has 1 N–H and O–H groups in total. The van der Waals surface area contributed by atoms with Gasteiger partial charge in [0.25, 0.3) is 11.8 Å². The van der Waals surface area contributed by atoms with Crippen LogP contribution in [0, 0.1) is 0 Å². The highest BCUT2D eigenvalue weighted by atomic mass is 16.5. The van der Waals surface area contributed by atoms with E-state index in [2.05, 4.69) is 5.32 Å². The van der Waals surface area contributed by atoms with Crippen molar-refractivity contribution in [2.45, 2.75) is 6.54 Å². The van der Waals surface area contributed by atoms with E-state index in [0.29, 0.717) is 6.54 Å². The molecule has 0 spiro atoms. The Bertz CT molecular complexity index is 617. The van der Waals surface area contributed by atoms with Gasteiger partial charge in [-0.3, -0.25) is 19.3 Å². The molecule has 1 saturated heterocycles. The Kier molecular flexibility index (Phi) is 5.29. The number of likely N-dealkylation sites (N-methyl/N-ethyl adjacent to an activating group) is 1. The summed E-state index contributed by atoms with van der Waals surface area (Å²) in [6.07, 6.45) is 0. The maximum absolute atomic E-state index is 11.6. The molecule has 8 heteroatoms. The normalized spacial score (nSPS) is 14.1. The van der Waals surface area contributed by atoms with Crippen LogP contribution in [0.2, 0.25) is 0 Å². The summed E-state index contributed by atoms with van der Waals surface area (Å²) < 4.78 is 4.77. The molecule has 23 heavy (non-hydrogen) atoms. The number of rotatable bonds is 6. The fourth-order valence-electron chi connectivity index (χ4n) is 1.99. The third-order valence-corrected chi connectivity index (χ3v) is 3.21. The van der Waals surface area contributed by atoms with Crippen molar-refractivity contribution in [2.75, 3.05) is 26.7 Å². The Balaban J connectivity index is 1.71. The van der Waals surface area contributed by atoms with E-state index in [-0.39, 0.29) is 6.54 Å². The van der Waals surface area contributed by atoms with Gasteiger partial charge in [0, 0.05) is 13.6 Å². The largest absolute Gasteiger partial charge is 0.454 e. The second-order valence-corrected chi connectivity index (χ2v) is 5.04. The predicted octanol–water partition coefficient (Wildman–Crippen LogP) is -0.260. The van der Waals surface area contributed by atoms with Crippen LogP contribution in [0.25, 0.3) is 0 Å². The number of esters is 1. The molecular formula is C15H17N3O5. The van der Waals surface area contributed by atoms with Gasteiger partial charge in [0.15, 0.2) is 6.61 Å². The zero-order valence-corrected chi connectivity index (χ0v) is 12.7. The predicted molar refractivity (Wildman–Crippen MR) is 79.0 cm³/mol. The zero-order chi connectivity index (χ0) is 16.8. The molecule has 1 aliphatic heterocycles. The highest BCUT2D eigenvalue weighted by Crippen LogP contribution is 2.07. The third-order valence-electron chi connectivity index (χ3n) is 3.21. The molecule has 0 radical (unpaired) electrons. The lowest BCUT2D eigenvalue weighted by molar-refractivity contribution is -0.150. The number of nitrogens with zero attached hydrogens (tertiary/aromatic N) is 2. The van der Waals surface area contributed by atoms with Crippen LogP contribution in [0.1, 0.15) is 5.56 Å². The molecule has 1 heterocycles. The van der Waals surface area contributed by atoms with Crippen LogP contribution >= 0.6 is 0 Å². The highest BCUT2D eigenvalue weighted by Gasteiger charge is 2.35. The number of carbonyl (C=O) groups excluding carboxylic acids is 4. The highest BCUT2D eigenvalue weighted by molar-refractivity contribution is 6.04. The molecule has 8 nitrogen and oxygen atoms in total. The van der Waals surface area contributed by atoms with Gasteiger partial charge in [-0.15, -0.1) is 0 Å². The minimum Gasteiger partial charge on any atom is -0.454 e. The number of imide groups is 1. The van der Waals surface area contributed by atoms with Crippen molar-refractivity contribution in [2.24, 2.45) is 0 Å².